The second-order valence-corrected chi connectivity index (χ2v) is 4.78. The third-order valence-electron chi connectivity index (χ3n) is 2.88. The quantitative estimate of drug-likeness (QED) is 0.841. The van der Waals surface area contributed by atoms with Crippen molar-refractivity contribution in [1.82, 2.24) is 4.90 Å². The minimum Gasteiger partial charge on any atom is -0.337 e. The molecule has 0 heterocycles. The number of benzene rings is 2. The summed E-state index contributed by atoms with van der Waals surface area (Å²) in [5.41, 5.74) is 0.446. The predicted molar refractivity (Wildman–Crippen MR) is 73.6 cm³/mol. The van der Waals surface area contributed by atoms with E-state index in [1.54, 1.807) is 6.07 Å². The molecule has 1 amide bonds. The van der Waals surface area contributed by atoms with Crippen LogP contribution in [0.5, 0.6) is 0 Å². The Morgan fingerprint density at radius 2 is 1.90 bits per heavy atom. The normalized spacial score (nSPS) is 10.4. The van der Waals surface area contributed by atoms with Gasteiger partial charge in [0, 0.05) is 29.7 Å². The molecule has 0 bridgehead atoms. The SMILES string of the molecule is CN(Cc1c(F)cccc1Cl)C(=O)c1cccc(F)c1. The maximum absolute atomic E-state index is 13.7. The molecule has 5 heteroatoms. The highest BCUT2D eigenvalue weighted by atomic mass is 35.5. The Hall–Kier alpha value is -1.94. The van der Waals surface area contributed by atoms with Crippen molar-refractivity contribution >= 4 is 17.5 Å². The standard InChI is InChI=1S/C15H12ClF2NO/c1-19(9-12-13(16)6-3-7-14(12)18)15(20)10-4-2-5-11(17)8-10/h2-8H,9H2,1H3. The van der Waals surface area contributed by atoms with Gasteiger partial charge in [0.15, 0.2) is 0 Å². The lowest BCUT2D eigenvalue weighted by atomic mass is 10.1. The summed E-state index contributed by atoms with van der Waals surface area (Å²) in [5, 5.41) is 0.254. The van der Waals surface area contributed by atoms with Gasteiger partial charge in [-0.25, -0.2) is 8.78 Å². The lowest BCUT2D eigenvalue weighted by molar-refractivity contribution is 0.0783. The van der Waals surface area contributed by atoms with Crippen molar-refractivity contribution in [2.45, 2.75) is 6.54 Å². The molecule has 0 saturated heterocycles. The maximum Gasteiger partial charge on any atom is 0.254 e. The van der Waals surface area contributed by atoms with E-state index in [1.807, 2.05) is 0 Å². The third-order valence-corrected chi connectivity index (χ3v) is 3.23. The number of hydrogen-bond donors (Lipinski definition) is 0. The van der Waals surface area contributed by atoms with Crippen LogP contribution in [0.2, 0.25) is 5.02 Å². The first-order chi connectivity index (χ1) is 9.49. The third kappa shape index (κ3) is 3.14. The van der Waals surface area contributed by atoms with Crippen LogP contribution in [-0.2, 0) is 6.54 Å². The van der Waals surface area contributed by atoms with E-state index < -0.39 is 17.5 Å². The van der Waals surface area contributed by atoms with Crippen molar-refractivity contribution in [1.29, 1.82) is 0 Å². The van der Waals surface area contributed by atoms with Crippen LogP contribution >= 0.6 is 11.6 Å². The highest BCUT2D eigenvalue weighted by Crippen LogP contribution is 2.21. The Balaban J connectivity index is 2.20. The first-order valence-corrected chi connectivity index (χ1v) is 6.31. The van der Waals surface area contributed by atoms with Crippen LogP contribution in [0, 0.1) is 11.6 Å². The van der Waals surface area contributed by atoms with Crippen molar-refractivity contribution in [3.63, 3.8) is 0 Å². The topological polar surface area (TPSA) is 20.3 Å². The van der Waals surface area contributed by atoms with Crippen LogP contribution in [-0.4, -0.2) is 17.9 Å². The van der Waals surface area contributed by atoms with Gasteiger partial charge >= 0.3 is 0 Å². The van der Waals surface area contributed by atoms with Crippen LogP contribution in [0.4, 0.5) is 8.78 Å². The van der Waals surface area contributed by atoms with Crippen LogP contribution in [0.3, 0.4) is 0 Å². The first-order valence-electron chi connectivity index (χ1n) is 5.93. The zero-order chi connectivity index (χ0) is 14.7. The fourth-order valence-electron chi connectivity index (χ4n) is 1.83. The molecule has 0 N–H and O–H groups in total. The predicted octanol–water partition coefficient (Wildman–Crippen LogP) is 3.89. The van der Waals surface area contributed by atoms with Crippen molar-refractivity contribution < 1.29 is 13.6 Å². The van der Waals surface area contributed by atoms with Crippen molar-refractivity contribution in [2.75, 3.05) is 7.05 Å². The molecular weight excluding hydrogens is 284 g/mol. The van der Waals surface area contributed by atoms with E-state index in [9.17, 15) is 13.6 Å². The van der Waals surface area contributed by atoms with Gasteiger partial charge in [-0.3, -0.25) is 4.79 Å². The van der Waals surface area contributed by atoms with Crippen molar-refractivity contribution in [3.8, 4) is 0 Å². The van der Waals surface area contributed by atoms with Crippen LogP contribution in [0.15, 0.2) is 42.5 Å². The Morgan fingerprint density at radius 3 is 2.55 bits per heavy atom. The Bertz CT molecular complexity index is 625. The molecule has 0 aliphatic rings. The highest BCUT2D eigenvalue weighted by Gasteiger charge is 2.16. The molecule has 0 unspecified atom stereocenters. The molecule has 0 aromatic heterocycles. The van der Waals surface area contributed by atoms with Gasteiger partial charge in [-0.2, -0.15) is 0 Å². The lowest BCUT2D eigenvalue weighted by Crippen LogP contribution is -2.26. The lowest BCUT2D eigenvalue weighted by Gasteiger charge is -2.18. The molecule has 104 valence electrons. The smallest absolute Gasteiger partial charge is 0.254 e. The monoisotopic (exact) mass is 295 g/mol. The van der Waals surface area contributed by atoms with Gasteiger partial charge in [-0.05, 0) is 30.3 Å². The molecular formula is C15H12ClF2NO. The summed E-state index contributed by atoms with van der Waals surface area (Å²) in [7, 11) is 1.51. The molecule has 2 aromatic rings. The average molecular weight is 296 g/mol. The van der Waals surface area contributed by atoms with Crippen molar-refractivity contribution in [3.05, 3.63) is 70.2 Å². The molecule has 0 fully saturated rings. The number of hydrogen-bond acceptors (Lipinski definition) is 1. The van der Waals surface area contributed by atoms with Crippen molar-refractivity contribution in [2.24, 2.45) is 0 Å². The van der Waals surface area contributed by atoms with Crippen LogP contribution < -0.4 is 0 Å². The molecule has 0 spiro atoms. The molecule has 0 aliphatic carbocycles. The van der Waals surface area contributed by atoms with Gasteiger partial charge in [-0.15, -0.1) is 0 Å². The molecule has 2 rings (SSSR count). The van der Waals surface area contributed by atoms with Gasteiger partial charge in [0.2, 0.25) is 0 Å². The second-order valence-electron chi connectivity index (χ2n) is 4.37. The zero-order valence-electron chi connectivity index (χ0n) is 10.7. The summed E-state index contributed by atoms with van der Waals surface area (Å²) >= 11 is 5.91. The number of amides is 1. The molecule has 2 aromatic carbocycles. The second kappa shape index (κ2) is 6.01. The van der Waals surface area contributed by atoms with E-state index in [1.165, 1.54) is 42.3 Å². The largest absolute Gasteiger partial charge is 0.337 e. The number of halogens is 3. The fourth-order valence-corrected chi connectivity index (χ4v) is 2.06. The van der Waals surface area contributed by atoms with Gasteiger partial charge in [0.25, 0.3) is 5.91 Å². The van der Waals surface area contributed by atoms with E-state index in [0.29, 0.717) is 0 Å². The summed E-state index contributed by atoms with van der Waals surface area (Å²) in [4.78, 5) is 13.4. The summed E-state index contributed by atoms with van der Waals surface area (Å²) < 4.78 is 26.8. The summed E-state index contributed by atoms with van der Waals surface area (Å²) in [6.07, 6.45) is 0. The Labute approximate surface area is 120 Å². The molecule has 0 aliphatic heterocycles. The van der Waals surface area contributed by atoms with E-state index in [2.05, 4.69) is 0 Å². The molecule has 0 radical (unpaired) electrons. The molecule has 20 heavy (non-hydrogen) atoms. The summed E-state index contributed by atoms with van der Waals surface area (Å²) in [5.74, 6) is -1.37. The minimum atomic E-state index is -0.492. The Kier molecular flexibility index (Phi) is 4.35. The summed E-state index contributed by atoms with van der Waals surface area (Å²) in [6, 6.07) is 9.68. The van der Waals surface area contributed by atoms with Crippen LogP contribution in [0.25, 0.3) is 0 Å². The number of rotatable bonds is 3. The van der Waals surface area contributed by atoms with E-state index in [4.69, 9.17) is 11.6 Å². The summed E-state index contributed by atoms with van der Waals surface area (Å²) in [6.45, 7) is 0.0147. The first kappa shape index (κ1) is 14.5. The van der Waals surface area contributed by atoms with E-state index >= 15 is 0 Å². The van der Waals surface area contributed by atoms with Gasteiger partial charge in [-0.1, -0.05) is 23.7 Å². The maximum atomic E-state index is 13.7. The molecule has 2 nitrogen and oxygen atoms in total. The Morgan fingerprint density at radius 1 is 1.20 bits per heavy atom. The minimum absolute atomic E-state index is 0.0147. The van der Waals surface area contributed by atoms with Gasteiger partial charge < -0.3 is 4.90 Å². The van der Waals surface area contributed by atoms with Gasteiger partial charge in [0.05, 0.1) is 0 Å². The molecule has 0 saturated carbocycles. The highest BCUT2D eigenvalue weighted by molar-refractivity contribution is 6.31. The zero-order valence-corrected chi connectivity index (χ0v) is 11.5. The molecule has 0 atom stereocenters. The average Bonchev–Trinajstić information content (AvgIpc) is 2.42. The number of nitrogens with zero attached hydrogens (tertiary/aromatic N) is 1. The van der Waals surface area contributed by atoms with Crippen LogP contribution in [0.1, 0.15) is 15.9 Å². The van der Waals surface area contributed by atoms with E-state index in [0.717, 1.165) is 6.07 Å². The number of carbonyl (C=O) groups is 1. The van der Waals surface area contributed by atoms with E-state index in [-0.39, 0.29) is 22.7 Å². The fraction of sp³-hybridized carbons (Fsp3) is 0.133. The van der Waals surface area contributed by atoms with Gasteiger partial charge in [0.1, 0.15) is 11.6 Å². The number of carbonyl (C=O) groups excluding carboxylic acids is 1.